The molecule has 0 spiro atoms. The predicted octanol–water partition coefficient (Wildman–Crippen LogP) is 1.26. The number of aryl methyl sites for hydroxylation is 1. The number of nitrogens with zero attached hydrogens (tertiary/aromatic N) is 2. The van der Waals surface area contributed by atoms with Crippen LogP contribution in [0.5, 0.6) is 5.75 Å². The summed E-state index contributed by atoms with van der Waals surface area (Å²) in [5.74, 6) is 0.602. The van der Waals surface area contributed by atoms with Crippen molar-refractivity contribution >= 4 is 15.9 Å². The highest BCUT2D eigenvalue weighted by molar-refractivity contribution is 7.88. The van der Waals surface area contributed by atoms with Crippen molar-refractivity contribution in [2.24, 2.45) is 0 Å². The van der Waals surface area contributed by atoms with E-state index in [1.54, 1.807) is 11.9 Å². The van der Waals surface area contributed by atoms with Gasteiger partial charge in [0.25, 0.3) is 0 Å². The van der Waals surface area contributed by atoms with Crippen LogP contribution in [0.2, 0.25) is 0 Å². The lowest BCUT2D eigenvalue weighted by Crippen LogP contribution is -2.47. The van der Waals surface area contributed by atoms with Crippen LogP contribution >= 0.6 is 0 Å². The van der Waals surface area contributed by atoms with E-state index in [9.17, 15) is 13.2 Å². The standard InChI is InChI=1S/C16H24N2O4S/c1-13-6-4-7-14(12-13)22-11-10-17(2)16(19)15-8-5-9-18(15)23(3,20)21/h4,6-7,12,15H,5,8-11H2,1-3H3. The number of ether oxygens (including phenoxy) is 1. The summed E-state index contributed by atoms with van der Waals surface area (Å²) in [5, 5.41) is 0. The summed E-state index contributed by atoms with van der Waals surface area (Å²) >= 11 is 0. The fourth-order valence-corrected chi connectivity index (χ4v) is 3.87. The molecule has 0 radical (unpaired) electrons. The Morgan fingerprint density at radius 2 is 2.17 bits per heavy atom. The van der Waals surface area contributed by atoms with Gasteiger partial charge in [0.1, 0.15) is 18.4 Å². The summed E-state index contributed by atoms with van der Waals surface area (Å²) in [5.41, 5.74) is 1.11. The third-order valence-electron chi connectivity index (χ3n) is 3.98. The molecule has 0 N–H and O–H groups in total. The Bertz CT molecular complexity index is 660. The normalized spacial score (nSPS) is 18.8. The van der Waals surface area contributed by atoms with Gasteiger partial charge in [-0.1, -0.05) is 12.1 Å². The van der Waals surface area contributed by atoms with Crippen LogP contribution < -0.4 is 4.74 Å². The fraction of sp³-hybridized carbons (Fsp3) is 0.562. The lowest BCUT2D eigenvalue weighted by molar-refractivity contribution is -0.133. The number of carbonyl (C=O) groups excluding carboxylic acids is 1. The molecule has 1 saturated heterocycles. The topological polar surface area (TPSA) is 66.9 Å². The molecular weight excluding hydrogens is 316 g/mol. The van der Waals surface area contributed by atoms with Gasteiger partial charge in [-0.15, -0.1) is 0 Å². The van der Waals surface area contributed by atoms with Crippen molar-refractivity contribution in [2.75, 3.05) is 33.0 Å². The molecule has 2 rings (SSSR count). The summed E-state index contributed by atoms with van der Waals surface area (Å²) < 4.78 is 30.4. The van der Waals surface area contributed by atoms with E-state index < -0.39 is 16.1 Å². The molecule has 1 aliphatic rings. The molecule has 0 aromatic heterocycles. The Morgan fingerprint density at radius 3 is 2.83 bits per heavy atom. The first-order valence-electron chi connectivity index (χ1n) is 7.70. The summed E-state index contributed by atoms with van der Waals surface area (Å²) in [4.78, 5) is 14.0. The minimum absolute atomic E-state index is 0.166. The van der Waals surface area contributed by atoms with E-state index >= 15 is 0 Å². The number of amides is 1. The van der Waals surface area contributed by atoms with Gasteiger partial charge in [-0.2, -0.15) is 4.31 Å². The number of sulfonamides is 1. The predicted molar refractivity (Wildman–Crippen MR) is 88.9 cm³/mol. The smallest absolute Gasteiger partial charge is 0.240 e. The van der Waals surface area contributed by atoms with Crippen molar-refractivity contribution in [3.63, 3.8) is 0 Å². The molecule has 1 unspecified atom stereocenters. The highest BCUT2D eigenvalue weighted by Crippen LogP contribution is 2.21. The quantitative estimate of drug-likeness (QED) is 0.782. The minimum Gasteiger partial charge on any atom is -0.492 e. The number of likely N-dealkylation sites (N-methyl/N-ethyl adjacent to an activating group) is 1. The van der Waals surface area contributed by atoms with Crippen molar-refractivity contribution in [1.82, 2.24) is 9.21 Å². The van der Waals surface area contributed by atoms with Crippen LogP contribution in [-0.4, -0.2) is 62.6 Å². The van der Waals surface area contributed by atoms with Gasteiger partial charge in [0.05, 0.1) is 12.8 Å². The average molecular weight is 340 g/mol. The number of hydrogen-bond donors (Lipinski definition) is 0. The van der Waals surface area contributed by atoms with Crippen molar-refractivity contribution in [3.05, 3.63) is 29.8 Å². The van der Waals surface area contributed by atoms with E-state index in [0.29, 0.717) is 26.1 Å². The second-order valence-corrected chi connectivity index (χ2v) is 7.89. The van der Waals surface area contributed by atoms with Gasteiger partial charge in [0, 0.05) is 13.6 Å². The van der Waals surface area contributed by atoms with Crippen molar-refractivity contribution in [2.45, 2.75) is 25.8 Å². The Kier molecular flexibility index (Phi) is 5.64. The van der Waals surface area contributed by atoms with Crippen LogP contribution in [0.1, 0.15) is 18.4 Å². The number of carbonyl (C=O) groups is 1. The van der Waals surface area contributed by atoms with Gasteiger partial charge in [-0.25, -0.2) is 8.42 Å². The highest BCUT2D eigenvalue weighted by atomic mass is 32.2. The zero-order chi connectivity index (χ0) is 17.0. The van der Waals surface area contributed by atoms with E-state index in [1.807, 2.05) is 31.2 Å². The Labute approximate surface area is 138 Å². The number of benzene rings is 1. The van der Waals surface area contributed by atoms with E-state index in [0.717, 1.165) is 24.0 Å². The van der Waals surface area contributed by atoms with E-state index in [2.05, 4.69) is 0 Å². The average Bonchev–Trinajstić information content (AvgIpc) is 2.96. The summed E-state index contributed by atoms with van der Waals surface area (Å²) in [6.07, 6.45) is 2.45. The summed E-state index contributed by atoms with van der Waals surface area (Å²) in [7, 11) is -1.66. The fourth-order valence-electron chi connectivity index (χ4n) is 2.75. The van der Waals surface area contributed by atoms with Gasteiger partial charge in [0.15, 0.2) is 0 Å². The number of rotatable bonds is 6. The summed E-state index contributed by atoms with van der Waals surface area (Å²) in [6, 6.07) is 7.14. The maximum Gasteiger partial charge on any atom is 0.240 e. The van der Waals surface area contributed by atoms with E-state index in [1.165, 1.54) is 4.31 Å². The van der Waals surface area contributed by atoms with E-state index in [-0.39, 0.29) is 5.91 Å². The highest BCUT2D eigenvalue weighted by Gasteiger charge is 2.37. The molecule has 7 heteroatoms. The van der Waals surface area contributed by atoms with E-state index in [4.69, 9.17) is 4.74 Å². The molecule has 1 heterocycles. The molecular formula is C16H24N2O4S. The van der Waals surface area contributed by atoms with Crippen LogP contribution in [0, 0.1) is 6.92 Å². The summed E-state index contributed by atoms with van der Waals surface area (Å²) in [6.45, 7) is 3.20. The maximum absolute atomic E-state index is 12.5. The Morgan fingerprint density at radius 1 is 1.43 bits per heavy atom. The second kappa shape index (κ2) is 7.31. The van der Waals surface area contributed by atoms with Crippen LogP contribution in [0.3, 0.4) is 0 Å². The van der Waals surface area contributed by atoms with Gasteiger partial charge in [-0.05, 0) is 37.5 Å². The first kappa shape index (κ1) is 17.7. The molecule has 1 aromatic carbocycles. The lowest BCUT2D eigenvalue weighted by Gasteiger charge is -2.26. The van der Waals surface area contributed by atoms with Gasteiger partial charge in [-0.3, -0.25) is 4.79 Å². The molecule has 0 aliphatic carbocycles. The SMILES string of the molecule is Cc1cccc(OCCN(C)C(=O)C2CCCN2S(C)(=O)=O)c1. The Hall–Kier alpha value is -1.60. The molecule has 1 amide bonds. The number of hydrogen-bond acceptors (Lipinski definition) is 4. The van der Waals surface area contributed by atoms with Crippen LogP contribution in [0.25, 0.3) is 0 Å². The minimum atomic E-state index is -3.34. The zero-order valence-corrected chi connectivity index (χ0v) is 14.7. The Balaban J connectivity index is 1.87. The largest absolute Gasteiger partial charge is 0.492 e. The van der Waals surface area contributed by atoms with Gasteiger partial charge < -0.3 is 9.64 Å². The van der Waals surface area contributed by atoms with Crippen LogP contribution in [0.15, 0.2) is 24.3 Å². The van der Waals surface area contributed by atoms with Crippen molar-refractivity contribution < 1.29 is 17.9 Å². The molecule has 0 bridgehead atoms. The van der Waals surface area contributed by atoms with Crippen molar-refractivity contribution in [3.8, 4) is 5.75 Å². The second-order valence-electron chi connectivity index (χ2n) is 5.96. The lowest BCUT2D eigenvalue weighted by atomic mass is 10.2. The third-order valence-corrected chi connectivity index (χ3v) is 5.26. The molecule has 1 fully saturated rings. The van der Waals surface area contributed by atoms with Gasteiger partial charge >= 0.3 is 0 Å². The monoisotopic (exact) mass is 340 g/mol. The van der Waals surface area contributed by atoms with Crippen molar-refractivity contribution in [1.29, 1.82) is 0 Å². The first-order chi connectivity index (χ1) is 10.8. The molecule has 1 aliphatic heterocycles. The molecule has 1 atom stereocenters. The molecule has 23 heavy (non-hydrogen) atoms. The van der Waals surface area contributed by atoms with Gasteiger partial charge in [0.2, 0.25) is 15.9 Å². The van der Waals surface area contributed by atoms with Crippen LogP contribution in [-0.2, 0) is 14.8 Å². The molecule has 0 saturated carbocycles. The molecule has 128 valence electrons. The van der Waals surface area contributed by atoms with Crippen LogP contribution in [0.4, 0.5) is 0 Å². The molecule has 1 aromatic rings. The maximum atomic E-state index is 12.5. The first-order valence-corrected chi connectivity index (χ1v) is 9.55. The third kappa shape index (κ3) is 4.68. The molecule has 6 nitrogen and oxygen atoms in total. The zero-order valence-electron chi connectivity index (χ0n) is 13.9.